The van der Waals surface area contributed by atoms with Crippen molar-refractivity contribution < 1.29 is 67.0 Å². The molecule has 0 radical (unpaired) electrons. The molecule has 7 rings (SSSR count). The van der Waals surface area contributed by atoms with E-state index in [9.17, 15) is 33.9 Å². The Kier molecular flexibility index (Phi) is 11.5. The van der Waals surface area contributed by atoms with Crippen LogP contribution < -0.4 is 0 Å². The first-order chi connectivity index (χ1) is 28.8. The number of carbonyl (C=O) groups excluding carboxylic acids is 6. The zero-order valence-electron chi connectivity index (χ0n) is 35.1. The van der Waals surface area contributed by atoms with E-state index in [1.807, 2.05) is 0 Å². The maximum absolute atomic E-state index is 14.7. The average Bonchev–Trinajstić information content (AvgIpc) is 3.47. The maximum atomic E-state index is 14.7. The molecule has 4 aliphatic rings. The minimum absolute atomic E-state index is 0.112. The summed E-state index contributed by atoms with van der Waals surface area (Å²) in [5.41, 5.74) is -6.42. The van der Waals surface area contributed by atoms with Crippen molar-refractivity contribution in [1.82, 2.24) is 0 Å². The number of hydrogen-bond donors (Lipinski definition) is 1. The highest BCUT2D eigenvalue weighted by molar-refractivity contribution is 5.91. The molecule has 1 N–H and O–H groups in total. The Hall–Kier alpha value is -5.86. The minimum Gasteiger partial charge on any atom is -0.458 e. The van der Waals surface area contributed by atoms with Crippen molar-refractivity contribution in [2.75, 3.05) is 6.61 Å². The van der Waals surface area contributed by atoms with E-state index < -0.39 is 100 Å². The van der Waals surface area contributed by atoms with Crippen LogP contribution in [0.3, 0.4) is 0 Å². The van der Waals surface area contributed by atoms with E-state index in [2.05, 4.69) is 0 Å². The quantitative estimate of drug-likeness (QED) is 0.148. The summed E-state index contributed by atoms with van der Waals surface area (Å²) in [6, 6.07) is 24.4. The van der Waals surface area contributed by atoms with Crippen molar-refractivity contribution in [2.24, 2.45) is 16.7 Å². The normalized spacial score (nSPS) is 31.4. The Labute approximate surface area is 353 Å². The fourth-order valence-electron chi connectivity index (χ4n) is 10.4. The van der Waals surface area contributed by atoms with Gasteiger partial charge in [0.2, 0.25) is 0 Å². The minimum atomic E-state index is -1.96. The number of hydrogen-bond acceptors (Lipinski definition) is 14. The molecule has 3 fully saturated rings. The SMILES string of the molecule is CC(=O)O[C@H]1C[C@@]2(C(C)(C)O)C(=C1C)[C@@H](OC(=O)c1ccccc1)[C@@H](OC(C)=O)[C@]1(C)C([C@H]2OC(=O)c2ccccc2)[C@@]2(OC(C)=O)CO[C@H]2C[C@@H]1OC(=O)c1ccccc1. The average molecular weight is 839 g/mol. The summed E-state index contributed by atoms with van der Waals surface area (Å²) in [6.07, 6.45) is -8.57. The summed E-state index contributed by atoms with van der Waals surface area (Å²) >= 11 is 0. The van der Waals surface area contributed by atoms with Gasteiger partial charge in [-0.15, -0.1) is 0 Å². The highest BCUT2D eigenvalue weighted by Crippen LogP contribution is 2.69. The molecule has 1 saturated heterocycles. The number of benzene rings is 3. The van der Waals surface area contributed by atoms with Crippen LogP contribution in [-0.2, 0) is 47.5 Å². The number of esters is 6. The van der Waals surface area contributed by atoms with Gasteiger partial charge in [-0.1, -0.05) is 61.5 Å². The standard InChI is InChI=1S/C47H50O14/c1-26-33(56-27(2)48)24-46(44(5,6)54)36(26)37(59-42(52)31-19-13-9-14-20-31)39(57-28(3)49)45(7)34(58-41(51)30-17-11-8-12-18-30)23-35-47(25-55-35,61-29(4)50)38(45)40(46)60-43(53)32-21-15-10-16-22-32/h8-22,33-35,37-40,54H,23-25H2,1-7H3/t33-,34-,35-,37+,38?,39+,40+,45-,46+,47+/m0/s1. The zero-order valence-corrected chi connectivity index (χ0v) is 35.1. The molecule has 0 spiro atoms. The Morgan fingerprint density at radius 3 is 1.61 bits per heavy atom. The van der Waals surface area contributed by atoms with Crippen molar-refractivity contribution >= 4 is 35.8 Å². The van der Waals surface area contributed by atoms with Crippen molar-refractivity contribution in [2.45, 2.75) is 109 Å². The van der Waals surface area contributed by atoms with E-state index in [1.54, 1.807) is 92.7 Å². The molecule has 14 nitrogen and oxygen atoms in total. The number of ether oxygens (including phenoxy) is 7. The van der Waals surface area contributed by atoms with Gasteiger partial charge in [0.1, 0.15) is 24.4 Å². The van der Waals surface area contributed by atoms with E-state index in [0.717, 1.165) is 6.92 Å². The highest BCUT2D eigenvalue weighted by Gasteiger charge is 2.81. The van der Waals surface area contributed by atoms with Crippen molar-refractivity contribution in [3.63, 3.8) is 0 Å². The second kappa shape index (κ2) is 16.2. The van der Waals surface area contributed by atoms with Crippen LogP contribution >= 0.6 is 0 Å². The van der Waals surface area contributed by atoms with E-state index in [4.69, 9.17) is 33.2 Å². The summed E-state index contributed by atoms with van der Waals surface area (Å²) in [5, 5.41) is 12.9. The summed E-state index contributed by atoms with van der Waals surface area (Å²) < 4.78 is 44.7. The smallest absolute Gasteiger partial charge is 0.338 e. The topological polar surface area (TPSA) is 187 Å². The van der Waals surface area contributed by atoms with Crippen LogP contribution in [0.25, 0.3) is 0 Å². The number of aliphatic hydroxyl groups is 1. The third-order valence-electron chi connectivity index (χ3n) is 13.0. The number of carbonyl (C=O) groups is 6. The van der Waals surface area contributed by atoms with Gasteiger partial charge in [0.15, 0.2) is 17.8 Å². The fraction of sp³-hybridized carbons (Fsp3) is 0.447. The first-order valence-corrected chi connectivity index (χ1v) is 20.2. The van der Waals surface area contributed by atoms with Crippen molar-refractivity contribution in [1.29, 1.82) is 0 Å². The van der Waals surface area contributed by atoms with Gasteiger partial charge >= 0.3 is 35.8 Å². The van der Waals surface area contributed by atoms with Gasteiger partial charge in [-0.05, 0) is 68.3 Å². The van der Waals surface area contributed by atoms with E-state index >= 15 is 0 Å². The Bertz CT molecular complexity index is 2230. The summed E-state index contributed by atoms with van der Waals surface area (Å²) in [6.45, 7) is 9.63. The summed E-state index contributed by atoms with van der Waals surface area (Å²) in [4.78, 5) is 83.1. The molecule has 0 amide bonds. The Balaban J connectivity index is 1.60. The molecule has 14 heteroatoms. The highest BCUT2D eigenvalue weighted by atomic mass is 16.6. The monoisotopic (exact) mass is 838 g/mol. The molecule has 0 aromatic heterocycles. The molecular formula is C47H50O14. The van der Waals surface area contributed by atoms with Crippen LogP contribution in [0.2, 0.25) is 0 Å². The van der Waals surface area contributed by atoms with Gasteiger partial charge in [-0.2, -0.15) is 0 Å². The molecule has 322 valence electrons. The van der Waals surface area contributed by atoms with Crippen molar-refractivity contribution in [3.05, 3.63) is 119 Å². The van der Waals surface area contributed by atoms with Crippen LogP contribution in [0, 0.1) is 16.7 Å². The van der Waals surface area contributed by atoms with Crippen LogP contribution in [0.4, 0.5) is 0 Å². The van der Waals surface area contributed by atoms with Gasteiger partial charge in [-0.25, -0.2) is 14.4 Å². The Morgan fingerprint density at radius 1 is 0.672 bits per heavy atom. The molecule has 1 heterocycles. The lowest BCUT2D eigenvalue weighted by Crippen LogP contribution is -2.79. The van der Waals surface area contributed by atoms with Crippen LogP contribution in [0.5, 0.6) is 0 Å². The molecule has 1 unspecified atom stereocenters. The molecule has 3 aromatic rings. The van der Waals surface area contributed by atoms with E-state index in [-0.39, 0.29) is 41.7 Å². The van der Waals surface area contributed by atoms with Gasteiger partial charge in [0.05, 0.1) is 45.6 Å². The molecular weight excluding hydrogens is 789 g/mol. The lowest BCUT2D eigenvalue weighted by atomic mass is 9.49. The van der Waals surface area contributed by atoms with Crippen LogP contribution in [-0.4, -0.2) is 95.4 Å². The predicted molar refractivity (Wildman–Crippen MR) is 215 cm³/mol. The Morgan fingerprint density at radius 2 is 1.16 bits per heavy atom. The van der Waals surface area contributed by atoms with Crippen LogP contribution in [0.15, 0.2) is 102 Å². The second-order valence-corrected chi connectivity index (χ2v) is 17.0. The molecule has 61 heavy (non-hydrogen) atoms. The third kappa shape index (κ3) is 7.39. The summed E-state index contributed by atoms with van der Waals surface area (Å²) in [7, 11) is 0. The molecule has 3 aliphatic carbocycles. The lowest BCUT2D eigenvalue weighted by Gasteiger charge is -2.65. The van der Waals surface area contributed by atoms with Gasteiger partial charge < -0.3 is 38.3 Å². The first-order valence-electron chi connectivity index (χ1n) is 20.2. The fourth-order valence-corrected chi connectivity index (χ4v) is 10.4. The van der Waals surface area contributed by atoms with Crippen molar-refractivity contribution in [3.8, 4) is 0 Å². The largest absolute Gasteiger partial charge is 0.458 e. The molecule has 3 aromatic carbocycles. The van der Waals surface area contributed by atoms with Gasteiger partial charge in [0, 0.05) is 33.6 Å². The number of fused-ring (bicyclic) bond motifs is 4. The molecule has 2 saturated carbocycles. The van der Waals surface area contributed by atoms with E-state index in [1.165, 1.54) is 39.8 Å². The van der Waals surface area contributed by atoms with Gasteiger partial charge in [0.25, 0.3) is 0 Å². The lowest BCUT2D eigenvalue weighted by molar-refractivity contribution is -0.350. The maximum Gasteiger partial charge on any atom is 0.338 e. The third-order valence-corrected chi connectivity index (χ3v) is 13.0. The second-order valence-electron chi connectivity index (χ2n) is 17.0. The van der Waals surface area contributed by atoms with Crippen LogP contribution in [0.1, 0.15) is 92.4 Å². The molecule has 1 aliphatic heterocycles. The predicted octanol–water partition coefficient (Wildman–Crippen LogP) is 5.74. The summed E-state index contributed by atoms with van der Waals surface area (Å²) in [5.74, 6) is -6.03. The van der Waals surface area contributed by atoms with Gasteiger partial charge in [-0.3, -0.25) is 14.4 Å². The molecule has 0 bridgehead atoms. The zero-order chi connectivity index (χ0) is 44.1. The number of rotatable bonds is 10. The first kappa shape index (κ1) is 43.2. The van der Waals surface area contributed by atoms with E-state index in [0.29, 0.717) is 5.57 Å². The molecule has 10 atom stereocenters.